The lowest BCUT2D eigenvalue weighted by atomic mass is 10.2. The highest BCUT2D eigenvalue weighted by molar-refractivity contribution is 9.10. The van der Waals surface area contributed by atoms with Gasteiger partial charge in [-0.15, -0.1) is 0 Å². The van der Waals surface area contributed by atoms with Crippen molar-refractivity contribution < 1.29 is 14.3 Å². The molecule has 6 heteroatoms. The Kier molecular flexibility index (Phi) is 6.93. The summed E-state index contributed by atoms with van der Waals surface area (Å²) in [6.45, 7) is 5.06. The van der Waals surface area contributed by atoms with Crippen molar-refractivity contribution in [3.8, 4) is 11.5 Å². The van der Waals surface area contributed by atoms with Gasteiger partial charge < -0.3 is 20.1 Å². The Bertz CT molecular complexity index is 674. The van der Waals surface area contributed by atoms with Crippen molar-refractivity contribution in [3.05, 3.63) is 46.9 Å². The third kappa shape index (κ3) is 5.45. The molecule has 0 aliphatic rings. The van der Waals surface area contributed by atoms with Gasteiger partial charge in [0.15, 0.2) is 0 Å². The van der Waals surface area contributed by atoms with Crippen LogP contribution >= 0.6 is 15.9 Å². The largest absolute Gasteiger partial charge is 0.494 e. The molecular formula is C18H21BrN2O3. The molecule has 0 saturated carbocycles. The zero-order valence-corrected chi connectivity index (χ0v) is 15.4. The molecule has 5 nitrogen and oxygen atoms in total. The minimum absolute atomic E-state index is 0.159. The number of hydrogen-bond donors (Lipinski definition) is 2. The normalized spacial score (nSPS) is 10.1. The van der Waals surface area contributed by atoms with Crippen molar-refractivity contribution in [2.75, 3.05) is 30.4 Å². The molecule has 0 bridgehead atoms. The molecule has 2 aromatic carbocycles. The summed E-state index contributed by atoms with van der Waals surface area (Å²) in [6, 6.07) is 13.0. The van der Waals surface area contributed by atoms with E-state index >= 15 is 0 Å². The van der Waals surface area contributed by atoms with E-state index in [2.05, 4.69) is 26.6 Å². The number of benzene rings is 2. The van der Waals surface area contributed by atoms with Gasteiger partial charge in [0.2, 0.25) is 5.91 Å². The quantitative estimate of drug-likeness (QED) is 0.702. The summed E-state index contributed by atoms with van der Waals surface area (Å²) >= 11 is 3.38. The van der Waals surface area contributed by atoms with Gasteiger partial charge in [0.05, 0.1) is 25.4 Å². The van der Waals surface area contributed by atoms with Crippen LogP contribution in [0.15, 0.2) is 46.9 Å². The molecule has 0 atom stereocenters. The fraction of sp³-hybridized carbons (Fsp3) is 0.278. The summed E-state index contributed by atoms with van der Waals surface area (Å²) in [5.74, 6) is 1.16. The average molecular weight is 393 g/mol. The van der Waals surface area contributed by atoms with Gasteiger partial charge in [-0.05, 0) is 50.2 Å². The molecule has 2 N–H and O–H groups in total. The van der Waals surface area contributed by atoms with Crippen molar-refractivity contribution in [2.45, 2.75) is 13.8 Å². The van der Waals surface area contributed by atoms with Crippen molar-refractivity contribution in [3.63, 3.8) is 0 Å². The van der Waals surface area contributed by atoms with E-state index in [0.717, 1.165) is 10.2 Å². The van der Waals surface area contributed by atoms with Crippen LogP contribution in [0.4, 0.5) is 11.4 Å². The van der Waals surface area contributed by atoms with Crippen LogP contribution in [-0.4, -0.2) is 25.7 Å². The lowest BCUT2D eigenvalue weighted by molar-refractivity contribution is -0.114. The second-order valence-corrected chi connectivity index (χ2v) is 5.85. The molecule has 24 heavy (non-hydrogen) atoms. The molecule has 0 spiro atoms. The molecule has 0 unspecified atom stereocenters. The van der Waals surface area contributed by atoms with Gasteiger partial charge in [0, 0.05) is 16.2 Å². The van der Waals surface area contributed by atoms with Crippen molar-refractivity contribution in [1.82, 2.24) is 0 Å². The van der Waals surface area contributed by atoms with E-state index in [-0.39, 0.29) is 12.5 Å². The number of carbonyl (C=O) groups excluding carboxylic acids is 1. The smallest absolute Gasteiger partial charge is 0.243 e. The SMILES string of the molecule is CCOc1ccc(OCC)c(NC(=O)CNc2ccc(Br)cc2)c1. The highest BCUT2D eigenvalue weighted by Crippen LogP contribution is 2.29. The van der Waals surface area contributed by atoms with E-state index in [0.29, 0.717) is 30.4 Å². The molecule has 0 aliphatic heterocycles. The van der Waals surface area contributed by atoms with E-state index in [1.54, 1.807) is 12.1 Å². The second-order valence-electron chi connectivity index (χ2n) is 4.93. The first-order chi connectivity index (χ1) is 11.6. The van der Waals surface area contributed by atoms with Crippen LogP contribution in [0.25, 0.3) is 0 Å². The lowest BCUT2D eigenvalue weighted by Crippen LogP contribution is -2.22. The maximum Gasteiger partial charge on any atom is 0.243 e. The van der Waals surface area contributed by atoms with E-state index < -0.39 is 0 Å². The highest BCUT2D eigenvalue weighted by atomic mass is 79.9. The minimum atomic E-state index is -0.160. The zero-order valence-electron chi connectivity index (χ0n) is 13.8. The van der Waals surface area contributed by atoms with Crippen LogP contribution in [0.3, 0.4) is 0 Å². The fourth-order valence-electron chi connectivity index (χ4n) is 2.09. The molecule has 2 rings (SSSR count). The number of rotatable bonds is 8. The first-order valence-corrected chi connectivity index (χ1v) is 8.60. The number of anilines is 2. The van der Waals surface area contributed by atoms with Crippen LogP contribution in [0.5, 0.6) is 11.5 Å². The topological polar surface area (TPSA) is 59.6 Å². The molecule has 0 radical (unpaired) electrons. The predicted molar refractivity (Wildman–Crippen MR) is 100 cm³/mol. The Morgan fingerprint density at radius 1 is 1.04 bits per heavy atom. The van der Waals surface area contributed by atoms with E-state index in [4.69, 9.17) is 9.47 Å². The first kappa shape index (κ1) is 18.1. The Labute approximate surface area is 150 Å². The predicted octanol–water partition coefficient (Wildman–Crippen LogP) is 4.30. The van der Waals surface area contributed by atoms with Gasteiger partial charge in [-0.2, -0.15) is 0 Å². The molecule has 2 aromatic rings. The van der Waals surface area contributed by atoms with Gasteiger partial charge in [0.25, 0.3) is 0 Å². The molecule has 1 amide bonds. The Morgan fingerprint density at radius 3 is 2.42 bits per heavy atom. The first-order valence-electron chi connectivity index (χ1n) is 7.81. The average Bonchev–Trinajstić information content (AvgIpc) is 2.57. The van der Waals surface area contributed by atoms with Crippen LogP contribution in [0.1, 0.15) is 13.8 Å². The highest BCUT2D eigenvalue weighted by Gasteiger charge is 2.10. The summed E-state index contributed by atoms with van der Waals surface area (Å²) in [6.07, 6.45) is 0. The minimum Gasteiger partial charge on any atom is -0.494 e. The van der Waals surface area contributed by atoms with Gasteiger partial charge >= 0.3 is 0 Å². The monoisotopic (exact) mass is 392 g/mol. The standard InChI is InChI=1S/C18H21BrN2O3/c1-3-23-15-9-10-17(24-4-2)16(11-15)21-18(22)12-20-14-7-5-13(19)6-8-14/h5-11,20H,3-4,12H2,1-2H3,(H,21,22). The fourth-order valence-corrected chi connectivity index (χ4v) is 2.35. The third-order valence-electron chi connectivity index (χ3n) is 3.13. The number of amides is 1. The van der Waals surface area contributed by atoms with Crippen LogP contribution < -0.4 is 20.1 Å². The number of ether oxygens (including phenoxy) is 2. The van der Waals surface area contributed by atoms with E-state index in [1.807, 2.05) is 44.2 Å². The number of hydrogen-bond acceptors (Lipinski definition) is 4. The summed E-state index contributed by atoms with van der Waals surface area (Å²) in [7, 11) is 0. The molecule has 0 fully saturated rings. The molecular weight excluding hydrogens is 372 g/mol. The second kappa shape index (κ2) is 9.17. The Morgan fingerprint density at radius 2 is 1.75 bits per heavy atom. The third-order valence-corrected chi connectivity index (χ3v) is 3.66. The van der Waals surface area contributed by atoms with Crippen LogP contribution in [0.2, 0.25) is 0 Å². The number of halogens is 1. The summed E-state index contributed by atoms with van der Waals surface area (Å²) < 4.78 is 12.0. The molecule has 0 aliphatic carbocycles. The van der Waals surface area contributed by atoms with Gasteiger partial charge in [-0.1, -0.05) is 15.9 Å². The molecule has 128 valence electrons. The number of nitrogens with one attached hydrogen (secondary N) is 2. The lowest BCUT2D eigenvalue weighted by Gasteiger charge is -2.14. The molecule has 0 heterocycles. The number of carbonyl (C=O) groups is 1. The van der Waals surface area contributed by atoms with Gasteiger partial charge in [-0.25, -0.2) is 0 Å². The van der Waals surface area contributed by atoms with E-state index in [1.165, 1.54) is 0 Å². The van der Waals surface area contributed by atoms with Crippen molar-refractivity contribution >= 4 is 33.2 Å². The van der Waals surface area contributed by atoms with Crippen LogP contribution in [0, 0.1) is 0 Å². The molecule has 0 saturated heterocycles. The summed E-state index contributed by atoms with van der Waals surface area (Å²) in [5, 5.41) is 5.94. The van der Waals surface area contributed by atoms with Crippen LogP contribution in [-0.2, 0) is 4.79 Å². The summed E-state index contributed by atoms with van der Waals surface area (Å²) in [4.78, 5) is 12.2. The van der Waals surface area contributed by atoms with Gasteiger partial charge in [0.1, 0.15) is 11.5 Å². The summed E-state index contributed by atoms with van der Waals surface area (Å²) in [5.41, 5.74) is 1.48. The van der Waals surface area contributed by atoms with E-state index in [9.17, 15) is 4.79 Å². The Hall–Kier alpha value is -2.21. The van der Waals surface area contributed by atoms with Crippen molar-refractivity contribution in [2.24, 2.45) is 0 Å². The Balaban J connectivity index is 2.00. The van der Waals surface area contributed by atoms with Gasteiger partial charge in [-0.3, -0.25) is 4.79 Å². The van der Waals surface area contributed by atoms with Crippen molar-refractivity contribution in [1.29, 1.82) is 0 Å². The maximum atomic E-state index is 12.2. The maximum absolute atomic E-state index is 12.2. The zero-order chi connectivity index (χ0) is 17.4. The molecule has 0 aromatic heterocycles.